The van der Waals surface area contributed by atoms with E-state index in [4.69, 9.17) is 9.47 Å². The molecular weight excluding hydrogens is 382 g/mol. The van der Waals surface area contributed by atoms with Gasteiger partial charge in [0.05, 0.1) is 6.61 Å². The molecule has 0 amide bonds. The van der Waals surface area contributed by atoms with E-state index in [-0.39, 0.29) is 12.4 Å². The van der Waals surface area contributed by atoms with Crippen molar-refractivity contribution in [3.05, 3.63) is 70.8 Å². The maximum Gasteiger partial charge on any atom is 0.161 e. The van der Waals surface area contributed by atoms with Crippen LogP contribution in [0.25, 0.3) is 0 Å². The molecule has 0 fully saturated rings. The maximum absolute atomic E-state index is 6.02. The van der Waals surface area contributed by atoms with E-state index in [2.05, 4.69) is 54.7 Å². The lowest BCUT2D eigenvalue weighted by molar-refractivity contribution is 0.269. The molecular formula is C25H34ClNO2. The fourth-order valence-corrected chi connectivity index (χ4v) is 3.51. The molecule has 1 aliphatic rings. The van der Waals surface area contributed by atoms with Crippen molar-refractivity contribution < 1.29 is 9.47 Å². The Morgan fingerprint density at radius 3 is 2.45 bits per heavy atom. The average Bonchev–Trinajstić information content (AvgIpc) is 2.73. The number of allylic oxidation sites excluding steroid dienone is 1. The van der Waals surface area contributed by atoms with Crippen LogP contribution in [-0.4, -0.2) is 13.2 Å². The first-order valence-electron chi connectivity index (χ1n) is 10.6. The van der Waals surface area contributed by atoms with Crippen molar-refractivity contribution in [1.82, 2.24) is 5.32 Å². The monoisotopic (exact) mass is 415 g/mol. The SMILES string of the molecule is CCOc1cc(CNCCC2=CCCCC2)ccc1OCc1ccc(C)cc1.Cl. The quantitative estimate of drug-likeness (QED) is 0.361. The summed E-state index contributed by atoms with van der Waals surface area (Å²) in [6, 6.07) is 14.7. The number of hydrogen-bond donors (Lipinski definition) is 1. The van der Waals surface area contributed by atoms with E-state index in [1.807, 2.05) is 13.0 Å². The van der Waals surface area contributed by atoms with Gasteiger partial charge in [-0.1, -0.05) is 47.5 Å². The van der Waals surface area contributed by atoms with E-state index < -0.39 is 0 Å². The van der Waals surface area contributed by atoms with E-state index in [1.54, 1.807) is 5.57 Å². The van der Waals surface area contributed by atoms with Gasteiger partial charge in [-0.2, -0.15) is 0 Å². The van der Waals surface area contributed by atoms with Gasteiger partial charge >= 0.3 is 0 Å². The van der Waals surface area contributed by atoms with Gasteiger partial charge in [-0.05, 0) is 75.8 Å². The second-order valence-corrected chi connectivity index (χ2v) is 7.52. The third kappa shape index (κ3) is 7.75. The summed E-state index contributed by atoms with van der Waals surface area (Å²) < 4.78 is 11.8. The Morgan fingerprint density at radius 2 is 1.72 bits per heavy atom. The zero-order valence-corrected chi connectivity index (χ0v) is 18.5. The van der Waals surface area contributed by atoms with E-state index in [0.29, 0.717) is 13.2 Å². The van der Waals surface area contributed by atoms with Gasteiger partial charge in [0, 0.05) is 6.54 Å². The Morgan fingerprint density at radius 1 is 0.931 bits per heavy atom. The Bertz CT molecular complexity index is 771. The number of nitrogens with one attached hydrogen (secondary N) is 1. The normalized spacial score (nSPS) is 13.4. The van der Waals surface area contributed by atoms with Crippen LogP contribution in [0.15, 0.2) is 54.1 Å². The van der Waals surface area contributed by atoms with Crippen molar-refractivity contribution in [3.63, 3.8) is 0 Å². The number of hydrogen-bond acceptors (Lipinski definition) is 3. The smallest absolute Gasteiger partial charge is 0.161 e. The lowest BCUT2D eigenvalue weighted by atomic mass is 9.97. The third-order valence-electron chi connectivity index (χ3n) is 5.16. The van der Waals surface area contributed by atoms with Gasteiger partial charge in [0.15, 0.2) is 11.5 Å². The molecule has 0 unspecified atom stereocenters. The number of aryl methyl sites for hydroxylation is 1. The molecule has 0 aromatic heterocycles. The van der Waals surface area contributed by atoms with Crippen molar-refractivity contribution in [3.8, 4) is 11.5 Å². The summed E-state index contributed by atoms with van der Waals surface area (Å²) in [5, 5.41) is 3.56. The van der Waals surface area contributed by atoms with E-state index >= 15 is 0 Å². The van der Waals surface area contributed by atoms with Gasteiger partial charge in [-0.15, -0.1) is 12.4 Å². The zero-order chi connectivity index (χ0) is 19.6. The molecule has 0 saturated carbocycles. The summed E-state index contributed by atoms with van der Waals surface area (Å²) in [6.07, 6.45) is 8.85. The second-order valence-electron chi connectivity index (χ2n) is 7.52. The van der Waals surface area contributed by atoms with Gasteiger partial charge in [0.2, 0.25) is 0 Å². The lowest BCUT2D eigenvalue weighted by Crippen LogP contribution is -2.15. The minimum absolute atomic E-state index is 0. The van der Waals surface area contributed by atoms with E-state index in [9.17, 15) is 0 Å². The molecule has 4 heteroatoms. The Balaban J connectivity index is 0.00000300. The molecule has 2 aromatic rings. The van der Waals surface area contributed by atoms with Gasteiger partial charge in [0.1, 0.15) is 6.61 Å². The van der Waals surface area contributed by atoms with Crippen molar-refractivity contribution in [2.75, 3.05) is 13.2 Å². The van der Waals surface area contributed by atoms with Gasteiger partial charge in [0.25, 0.3) is 0 Å². The predicted octanol–water partition coefficient (Wildman–Crippen LogP) is 6.37. The fraction of sp³-hybridized carbons (Fsp3) is 0.440. The summed E-state index contributed by atoms with van der Waals surface area (Å²) in [4.78, 5) is 0. The highest BCUT2D eigenvalue weighted by atomic mass is 35.5. The van der Waals surface area contributed by atoms with Crippen LogP contribution in [0.5, 0.6) is 11.5 Å². The molecule has 0 radical (unpaired) electrons. The molecule has 29 heavy (non-hydrogen) atoms. The first-order valence-corrected chi connectivity index (χ1v) is 10.6. The highest BCUT2D eigenvalue weighted by Gasteiger charge is 2.08. The van der Waals surface area contributed by atoms with Crippen molar-refractivity contribution in [2.24, 2.45) is 0 Å². The van der Waals surface area contributed by atoms with Crippen molar-refractivity contribution in [1.29, 1.82) is 0 Å². The highest BCUT2D eigenvalue weighted by molar-refractivity contribution is 5.85. The average molecular weight is 416 g/mol. The van der Waals surface area contributed by atoms with Crippen LogP contribution < -0.4 is 14.8 Å². The summed E-state index contributed by atoms with van der Waals surface area (Å²) in [5.41, 5.74) is 5.27. The fourth-order valence-electron chi connectivity index (χ4n) is 3.51. The third-order valence-corrected chi connectivity index (χ3v) is 5.16. The van der Waals surface area contributed by atoms with E-state index in [0.717, 1.165) is 36.6 Å². The van der Waals surface area contributed by atoms with Crippen LogP contribution in [-0.2, 0) is 13.2 Å². The minimum Gasteiger partial charge on any atom is -0.490 e. The second kappa shape index (κ2) is 12.6. The Hall–Kier alpha value is -1.97. The van der Waals surface area contributed by atoms with Crippen LogP contribution in [0.2, 0.25) is 0 Å². The largest absolute Gasteiger partial charge is 0.490 e. The zero-order valence-electron chi connectivity index (χ0n) is 17.7. The molecule has 2 aromatic carbocycles. The molecule has 0 saturated heterocycles. The van der Waals surface area contributed by atoms with Crippen LogP contribution in [0, 0.1) is 6.92 Å². The van der Waals surface area contributed by atoms with E-state index in [1.165, 1.54) is 36.8 Å². The molecule has 0 atom stereocenters. The Kier molecular flexibility index (Phi) is 10.1. The summed E-state index contributed by atoms with van der Waals surface area (Å²) in [7, 11) is 0. The predicted molar refractivity (Wildman–Crippen MR) is 123 cm³/mol. The van der Waals surface area contributed by atoms with Crippen molar-refractivity contribution in [2.45, 2.75) is 59.1 Å². The topological polar surface area (TPSA) is 30.5 Å². The summed E-state index contributed by atoms with van der Waals surface area (Å²) in [5.74, 6) is 1.63. The van der Waals surface area contributed by atoms with Crippen LogP contribution >= 0.6 is 12.4 Å². The number of rotatable bonds is 10. The van der Waals surface area contributed by atoms with Gasteiger partial charge in [-0.25, -0.2) is 0 Å². The van der Waals surface area contributed by atoms with Gasteiger partial charge in [-0.3, -0.25) is 0 Å². The highest BCUT2D eigenvalue weighted by Crippen LogP contribution is 2.29. The Labute approximate surface area is 181 Å². The summed E-state index contributed by atoms with van der Waals surface area (Å²) >= 11 is 0. The molecule has 3 nitrogen and oxygen atoms in total. The van der Waals surface area contributed by atoms with Gasteiger partial charge < -0.3 is 14.8 Å². The minimum atomic E-state index is 0. The maximum atomic E-state index is 6.02. The molecule has 0 bridgehead atoms. The lowest BCUT2D eigenvalue weighted by Gasteiger charge is -2.15. The first kappa shape index (κ1) is 23.3. The van der Waals surface area contributed by atoms with Crippen LogP contribution in [0.3, 0.4) is 0 Å². The summed E-state index contributed by atoms with van der Waals surface area (Å²) in [6.45, 7) is 7.16. The first-order chi connectivity index (χ1) is 13.7. The molecule has 158 valence electrons. The number of ether oxygens (including phenoxy) is 2. The van der Waals surface area contributed by atoms with Crippen LogP contribution in [0.1, 0.15) is 55.7 Å². The number of halogens is 1. The molecule has 3 rings (SSSR count). The molecule has 1 N–H and O–H groups in total. The molecule has 0 aliphatic heterocycles. The standard InChI is InChI=1S/C25H33NO2.ClH/c1-3-27-25-17-23(18-26-16-15-21-7-5-4-6-8-21)13-14-24(25)28-19-22-11-9-20(2)10-12-22;/h7,9-14,17,26H,3-6,8,15-16,18-19H2,1-2H3;1H. The van der Waals surface area contributed by atoms with Crippen LogP contribution in [0.4, 0.5) is 0 Å². The molecule has 0 heterocycles. The number of benzene rings is 2. The molecule has 1 aliphatic carbocycles. The molecule has 0 spiro atoms. The van der Waals surface area contributed by atoms with Crippen molar-refractivity contribution >= 4 is 12.4 Å².